The second kappa shape index (κ2) is 7.84. The van der Waals surface area contributed by atoms with E-state index in [-0.39, 0.29) is 5.91 Å². The summed E-state index contributed by atoms with van der Waals surface area (Å²) in [4.78, 5) is 17.9. The number of anilines is 2. The number of hydrogen-bond donors (Lipinski definition) is 2. The summed E-state index contributed by atoms with van der Waals surface area (Å²) in [7, 11) is 0. The third kappa shape index (κ3) is 4.04. The van der Waals surface area contributed by atoms with Crippen LogP contribution in [0.25, 0.3) is 10.7 Å². The van der Waals surface area contributed by atoms with Crippen LogP contribution in [0.15, 0.2) is 76.6 Å². The zero-order valence-corrected chi connectivity index (χ0v) is 15.1. The fourth-order valence-corrected chi connectivity index (χ4v) is 3.21. The van der Waals surface area contributed by atoms with Gasteiger partial charge < -0.3 is 15.2 Å². The molecule has 0 unspecified atom stereocenters. The van der Waals surface area contributed by atoms with E-state index >= 15 is 0 Å². The predicted molar refractivity (Wildman–Crippen MR) is 106 cm³/mol. The number of carbonyl (C=O) groups excluding carboxylic acids is 1. The number of rotatable bonds is 6. The molecule has 0 bridgehead atoms. The van der Waals surface area contributed by atoms with Crippen LogP contribution in [0.2, 0.25) is 0 Å². The number of thiophene rings is 1. The van der Waals surface area contributed by atoms with Crippen LogP contribution in [-0.4, -0.2) is 16.0 Å². The van der Waals surface area contributed by atoms with Crippen LogP contribution in [0.3, 0.4) is 0 Å². The van der Waals surface area contributed by atoms with E-state index in [0.29, 0.717) is 29.5 Å². The Kier molecular flexibility index (Phi) is 4.93. The van der Waals surface area contributed by atoms with Gasteiger partial charge in [-0.25, -0.2) is 0 Å². The van der Waals surface area contributed by atoms with Crippen molar-refractivity contribution in [2.24, 2.45) is 0 Å². The van der Waals surface area contributed by atoms with Crippen molar-refractivity contribution in [1.29, 1.82) is 0 Å². The third-order valence-electron chi connectivity index (χ3n) is 3.84. The second-order valence-electron chi connectivity index (χ2n) is 5.71. The first-order valence-corrected chi connectivity index (χ1v) is 9.23. The van der Waals surface area contributed by atoms with Crippen molar-refractivity contribution in [3.05, 3.63) is 83.6 Å². The fourth-order valence-electron chi connectivity index (χ4n) is 2.56. The summed E-state index contributed by atoms with van der Waals surface area (Å²) in [5.41, 5.74) is 1.98. The van der Waals surface area contributed by atoms with Gasteiger partial charge in [0.25, 0.3) is 5.91 Å². The van der Waals surface area contributed by atoms with Gasteiger partial charge in [-0.1, -0.05) is 41.6 Å². The summed E-state index contributed by atoms with van der Waals surface area (Å²) in [6.45, 7) is 0.327. The van der Waals surface area contributed by atoms with Gasteiger partial charge in [-0.05, 0) is 35.7 Å². The van der Waals surface area contributed by atoms with Crippen molar-refractivity contribution in [2.45, 2.75) is 6.54 Å². The van der Waals surface area contributed by atoms with Crippen LogP contribution in [0.5, 0.6) is 0 Å². The number of carbonyl (C=O) groups is 1. The molecule has 0 atom stereocenters. The Bertz CT molecular complexity index is 1030. The Morgan fingerprint density at radius 3 is 2.63 bits per heavy atom. The molecule has 2 N–H and O–H groups in total. The lowest BCUT2D eigenvalue weighted by Crippen LogP contribution is -2.14. The minimum atomic E-state index is -0.186. The normalized spacial score (nSPS) is 10.5. The highest BCUT2D eigenvalue weighted by Crippen LogP contribution is 2.22. The number of aromatic nitrogens is 2. The molecule has 2 aromatic heterocycles. The number of hydrogen-bond acceptors (Lipinski definition) is 6. The summed E-state index contributed by atoms with van der Waals surface area (Å²) in [6, 6.07) is 20.5. The molecule has 0 aliphatic heterocycles. The van der Waals surface area contributed by atoms with Gasteiger partial charge in [-0.15, -0.1) is 11.3 Å². The molecule has 2 aromatic carbocycles. The molecule has 1 amide bonds. The van der Waals surface area contributed by atoms with E-state index in [1.165, 1.54) is 0 Å². The van der Waals surface area contributed by atoms with Crippen LogP contribution in [0.4, 0.5) is 11.4 Å². The highest BCUT2D eigenvalue weighted by atomic mass is 32.1. The molecule has 6 nitrogen and oxygen atoms in total. The quantitative estimate of drug-likeness (QED) is 0.511. The molecule has 0 aliphatic rings. The van der Waals surface area contributed by atoms with Crippen LogP contribution in [-0.2, 0) is 6.54 Å². The lowest BCUT2D eigenvalue weighted by Gasteiger charge is -2.11. The number of nitrogens with zero attached hydrogens (tertiary/aromatic N) is 2. The van der Waals surface area contributed by atoms with E-state index in [0.717, 1.165) is 10.6 Å². The molecule has 27 heavy (non-hydrogen) atoms. The first-order chi connectivity index (χ1) is 13.3. The predicted octanol–water partition coefficient (Wildman–Crippen LogP) is 4.66. The molecule has 0 spiro atoms. The molecule has 0 aliphatic carbocycles. The molecule has 134 valence electrons. The molecule has 2 heterocycles. The standard InChI is InChI=1S/C20H16N4O2S/c25-20(22-14-7-2-1-3-8-14)15-9-4-5-10-16(15)21-13-18-23-19(24-26-18)17-11-6-12-27-17/h1-12,21H,13H2,(H,22,25). The maximum absolute atomic E-state index is 12.6. The Balaban J connectivity index is 1.46. The highest BCUT2D eigenvalue weighted by Gasteiger charge is 2.13. The van der Waals surface area contributed by atoms with E-state index in [1.54, 1.807) is 17.4 Å². The highest BCUT2D eigenvalue weighted by molar-refractivity contribution is 7.13. The molecular weight excluding hydrogens is 360 g/mol. The van der Waals surface area contributed by atoms with E-state index < -0.39 is 0 Å². The van der Waals surface area contributed by atoms with E-state index in [9.17, 15) is 4.79 Å². The van der Waals surface area contributed by atoms with Crippen molar-refractivity contribution in [3.63, 3.8) is 0 Å². The zero-order chi connectivity index (χ0) is 18.5. The maximum Gasteiger partial charge on any atom is 0.257 e. The van der Waals surface area contributed by atoms with Crippen molar-refractivity contribution in [1.82, 2.24) is 10.1 Å². The summed E-state index contributed by atoms with van der Waals surface area (Å²) in [5.74, 6) is 0.836. The molecule has 0 fully saturated rings. The van der Waals surface area contributed by atoms with Gasteiger partial charge in [-0.3, -0.25) is 4.79 Å². The number of benzene rings is 2. The topological polar surface area (TPSA) is 80.0 Å². The first-order valence-electron chi connectivity index (χ1n) is 8.35. The van der Waals surface area contributed by atoms with Gasteiger partial charge in [0, 0.05) is 11.4 Å². The SMILES string of the molecule is O=C(Nc1ccccc1)c1ccccc1NCc1nc(-c2cccs2)no1. The van der Waals surface area contributed by atoms with Crippen molar-refractivity contribution in [3.8, 4) is 10.7 Å². The fraction of sp³-hybridized carbons (Fsp3) is 0.0500. The van der Waals surface area contributed by atoms with Crippen molar-refractivity contribution < 1.29 is 9.32 Å². The zero-order valence-electron chi connectivity index (χ0n) is 14.3. The summed E-state index contributed by atoms with van der Waals surface area (Å²) < 4.78 is 5.29. The molecule has 4 rings (SSSR count). The minimum Gasteiger partial charge on any atom is -0.375 e. The maximum atomic E-state index is 12.6. The molecule has 7 heteroatoms. The smallest absolute Gasteiger partial charge is 0.257 e. The largest absolute Gasteiger partial charge is 0.375 e. The Labute approximate surface area is 159 Å². The van der Waals surface area contributed by atoms with Gasteiger partial charge in [-0.2, -0.15) is 4.98 Å². The van der Waals surface area contributed by atoms with E-state index in [4.69, 9.17) is 4.52 Å². The molecule has 4 aromatic rings. The van der Waals surface area contributed by atoms with Gasteiger partial charge in [0.15, 0.2) is 0 Å². The number of nitrogens with one attached hydrogen (secondary N) is 2. The molecule has 0 saturated heterocycles. The van der Waals surface area contributed by atoms with Crippen molar-refractivity contribution >= 4 is 28.6 Å². The van der Waals surface area contributed by atoms with Crippen LogP contribution >= 0.6 is 11.3 Å². The lowest BCUT2D eigenvalue weighted by atomic mass is 10.1. The molecular formula is C20H16N4O2S. The van der Waals surface area contributed by atoms with Gasteiger partial charge in [0.2, 0.25) is 11.7 Å². The second-order valence-corrected chi connectivity index (χ2v) is 6.66. The lowest BCUT2D eigenvalue weighted by molar-refractivity contribution is 0.102. The summed E-state index contributed by atoms with van der Waals surface area (Å²) >= 11 is 1.55. The van der Waals surface area contributed by atoms with Crippen molar-refractivity contribution in [2.75, 3.05) is 10.6 Å². The Morgan fingerprint density at radius 1 is 1.00 bits per heavy atom. The number of amides is 1. The Hall–Kier alpha value is -3.45. The van der Waals surface area contributed by atoms with Gasteiger partial charge in [0.05, 0.1) is 17.0 Å². The monoisotopic (exact) mass is 376 g/mol. The molecule has 0 saturated carbocycles. The average molecular weight is 376 g/mol. The van der Waals surface area contributed by atoms with Crippen LogP contribution < -0.4 is 10.6 Å². The van der Waals surface area contributed by atoms with E-state index in [2.05, 4.69) is 20.8 Å². The average Bonchev–Trinajstić information content (AvgIpc) is 3.39. The van der Waals surface area contributed by atoms with E-state index in [1.807, 2.05) is 66.0 Å². The molecule has 0 radical (unpaired) electrons. The van der Waals surface area contributed by atoms with Gasteiger partial charge in [0.1, 0.15) is 0 Å². The van der Waals surface area contributed by atoms with Crippen LogP contribution in [0, 0.1) is 0 Å². The first kappa shape index (κ1) is 17.0. The third-order valence-corrected chi connectivity index (χ3v) is 4.71. The summed E-state index contributed by atoms with van der Waals surface area (Å²) in [5, 5.41) is 12.0. The minimum absolute atomic E-state index is 0.186. The van der Waals surface area contributed by atoms with Gasteiger partial charge >= 0.3 is 0 Å². The summed E-state index contributed by atoms with van der Waals surface area (Å²) in [6.07, 6.45) is 0. The Morgan fingerprint density at radius 2 is 1.81 bits per heavy atom. The number of para-hydroxylation sites is 2. The van der Waals surface area contributed by atoms with Crippen LogP contribution in [0.1, 0.15) is 16.2 Å².